The van der Waals surface area contributed by atoms with Gasteiger partial charge in [-0.25, -0.2) is 0 Å². The zero-order chi connectivity index (χ0) is 20.4. The average Bonchev–Trinajstić information content (AvgIpc) is 3.14. The molecule has 0 spiro atoms. The molecule has 1 aromatic carbocycles. The minimum absolute atomic E-state index is 0.120. The van der Waals surface area contributed by atoms with Gasteiger partial charge in [0.05, 0.1) is 4.91 Å². The number of thioether (sulfide) groups is 1. The number of hydrogen-bond donors (Lipinski definition) is 0. The Kier molecular flexibility index (Phi) is 5.95. The number of benzene rings is 1. The van der Waals surface area contributed by atoms with Gasteiger partial charge >= 0.3 is 0 Å². The van der Waals surface area contributed by atoms with Crippen LogP contribution in [0.3, 0.4) is 0 Å². The smallest absolute Gasteiger partial charge is 0.293 e. The van der Waals surface area contributed by atoms with Gasteiger partial charge in [0.1, 0.15) is 0 Å². The van der Waals surface area contributed by atoms with Crippen molar-refractivity contribution in [1.29, 1.82) is 0 Å². The van der Waals surface area contributed by atoms with E-state index in [1.54, 1.807) is 0 Å². The first kappa shape index (κ1) is 20.0. The lowest BCUT2D eigenvalue weighted by Crippen LogP contribution is -2.34. The SMILES string of the molecule is Cc1cc(/C=C2/SC(=O)N(CC3CCCCC3)C2=O)c(C)n1Cc1ccccc1. The Balaban J connectivity index is 1.52. The predicted molar refractivity (Wildman–Crippen MR) is 119 cm³/mol. The third-order valence-corrected chi connectivity index (χ3v) is 7.03. The summed E-state index contributed by atoms with van der Waals surface area (Å²) in [6.45, 7) is 5.54. The Morgan fingerprint density at radius 1 is 1.07 bits per heavy atom. The Morgan fingerprint density at radius 3 is 2.52 bits per heavy atom. The quantitative estimate of drug-likeness (QED) is 0.590. The van der Waals surface area contributed by atoms with Crippen molar-refractivity contribution < 1.29 is 9.59 Å². The fraction of sp³-hybridized carbons (Fsp3) is 0.417. The fourth-order valence-electron chi connectivity index (χ4n) is 4.41. The van der Waals surface area contributed by atoms with Crippen LogP contribution in [0.4, 0.5) is 4.79 Å². The molecule has 1 aromatic heterocycles. The lowest BCUT2D eigenvalue weighted by molar-refractivity contribution is -0.123. The first-order chi connectivity index (χ1) is 14.0. The first-order valence-electron chi connectivity index (χ1n) is 10.5. The monoisotopic (exact) mass is 408 g/mol. The molecule has 0 radical (unpaired) electrons. The minimum atomic E-state index is -0.126. The van der Waals surface area contributed by atoms with Gasteiger partial charge in [0, 0.05) is 24.5 Å². The Hall–Kier alpha value is -2.27. The molecule has 5 heteroatoms. The molecule has 1 aliphatic heterocycles. The van der Waals surface area contributed by atoms with Crippen molar-refractivity contribution in [2.45, 2.75) is 52.5 Å². The van der Waals surface area contributed by atoms with E-state index in [2.05, 4.69) is 36.6 Å². The van der Waals surface area contributed by atoms with Gasteiger partial charge < -0.3 is 4.57 Å². The van der Waals surface area contributed by atoms with Crippen molar-refractivity contribution >= 4 is 29.0 Å². The zero-order valence-corrected chi connectivity index (χ0v) is 18.0. The summed E-state index contributed by atoms with van der Waals surface area (Å²) in [7, 11) is 0. The highest BCUT2D eigenvalue weighted by molar-refractivity contribution is 8.18. The molecule has 2 heterocycles. The van der Waals surface area contributed by atoms with Crippen LogP contribution in [-0.2, 0) is 11.3 Å². The second kappa shape index (κ2) is 8.62. The van der Waals surface area contributed by atoms with Crippen molar-refractivity contribution in [2.24, 2.45) is 5.92 Å². The molecule has 0 N–H and O–H groups in total. The molecule has 29 heavy (non-hydrogen) atoms. The van der Waals surface area contributed by atoms with E-state index < -0.39 is 0 Å². The average molecular weight is 409 g/mol. The molecule has 1 saturated carbocycles. The van der Waals surface area contributed by atoms with Gasteiger partial charge in [-0.05, 0) is 67.6 Å². The summed E-state index contributed by atoms with van der Waals surface area (Å²) in [4.78, 5) is 27.4. The molecule has 0 unspecified atom stereocenters. The molecule has 152 valence electrons. The third-order valence-electron chi connectivity index (χ3n) is 6.12. The summed E-state index contributed by atoms with van der Waals surface area (Å²) in [5.41, 5.74) is 4.53. The van der Waals surface area contributed by atoms with E-state index in [0.29, 0.717) is 17.4 Å². The van der Waals surface area contributed by atoms with E-state index in [-0.39, 0.29) is 11.1 Å². The molecule has 2 aromatic rings. The number of carbonyl (C=O) groups excluding carboxylic acids is 2. The summed E-state index contributed by atoms with van der Waals surface area (Å²) in [5.74, 6) is 0.339. The van der Waals surface area contributed by atoms with Gasteiger partial charge in [0.15, 0.2) is 0 Å². The molecule has 1 aliphatic carbocycles. The van der Waals surface area contributed by atoms with Gasteiger partial charge in [-0.15, -0.1) is 0 Å². The minimum Gasteiger partial charge on any atom is -0.344 e. The zero-order valence-electron chi connectivity index (χ0n) is 17.2. The van der Waals surface area contributed by atoms with Crippen LogP contribution in [-0.4, -0.2) is 27.2 Å². The van der Waals surface area contributed by atoms with E-state index in [9.17, 15) is 9.59 Å². The number of aromatic nitrogens is 1. The molecule has 1 saturated heterocycles. The van der Waals surface area contributed by atoms with Crippen LogP contribution in [0.1, 0.15) is 54.6 Å². The highest BCUT2D eigenvalue weighted by Crippen LogP contribution is 2.35. The molecular formula is C24H28N2O2S. The molecule has 2 aliphatic rings. The van der Waals surface area contributed by atoms with Crippen LogP contribution in [0.5, 0.6) is 0 Å². The van der Waals surface area contributed by atoms with E-state index >= 15 is 0 Å². The lowest BCUT2D eigenvalue weighted by atomic mass is 9.89. The predicted octanol–water partition coefficient (Wildman–Crippen LogP) is 5.77. The molecule has 2 amide bonds. The van der Waals surface area contributed by atoms with Crippen molar-refractivity contribution in [3.63, 3.8) is 0 Å². The van der Waals surface area contributed by atoms with E-state index in [4.69, 9.17) is 0 Å². The highest BCUT2D eigenvalue weighted by Gasteiger charge is 2.36. The topological polar surface area (TPSA) is 42.3 Å². The van der Waals surface area contributed by atoms with Gasteiger partial charge in [0.25, 0.3) is 11.1 Å². The largest absolute Gasteiger partial charge is 0.344 e. The number of carbonyl (C=O) groups is 2. The maximum absolute atomic E-state index is 12.9. The van der Waals surface area contributed by atoms with Crippen LogP contribution in [0.25, 0.3) is 6.08 Å². The second-order valence-corrected chi connectivity index (χ2v) is 9.19. The van der Waals surface area contributed by atoms with Crippen molar-refractivity contribution in [3.8, 4) is 0 Å². The maximum atomic E-state index is 12.9. The lowest BCUT2D eigenvalue weighted by Gasteiger charge is -2.25. The number of hydrogen-bond acceptors (Lipinski definition) is 3. The summed E-state index contributed by atoms with van der Waals surface area (Å²) in [6.07, 6.45) is 7.85. The number of imide groups is 1. The highest BCUT2D eigenvalue weighted by atomic mass is 32.2. The normalized spacial score (nSPS) is 19.5. The summed E-state index contributed by atoms with van der Waals surface area (Å²) in [6, 6.07) is 12.5. The Labute approximate surface area is 177 Å². The summed E-state index contributed by atoms with van der Waals surface area (Å²) in [5, 5.41) is -0.120. The van der Waals surface area contributed by atoms with Gasteiger partial charge in [-0.3, -0.25) is 14.5 Å². The fourth-order valence-corrected chi connectivity index (χ4v) is 5.25. The van der Waals surface area contributed by atoms with Crippen LogP contribution >= 0.6 is 11.8 Å². The number of aryl methyl sites for hydroxylation is 1. The number of amides is 2. The van der Waals surface area contributed by atoms with Gasteiger partial charge in [-0.1, -0.05) is 49.6 Å². The number of nitrogens with zero attached hydrogens (tertiary/aromatic N) is 2. The maximum Gasteiger partial charge on any atom is 0.293 e. The van der Waals surface area contributed by atoms with Crippen LogP contribution in [0.15, 0.2) is 41.3 Å². The van der Waals surface area contributed by atoms with Gasteiger partial charge in [-0.2, -0.15) is 0 Å². The van der Waals surface area contributed by atoms with E-state index in [1.165, 1.54) is 29.7 Å². The van der Waals surface area contributed by atoms with Crippen LogP contribution in [0.2, 0.25) is 0 Å². The molecule has 0 atom stereocenters. The molecule has 4 rings (SSSR count). The second-order valence-electron chi connectivity index (χ2n) is 8.19. The van der Waals surface area contributed by atoms with E-state index in [1.807, 2.05) is 24.3 Å². The standard InChI is InChI=1S/C24H28N2O2S/c1-17-13-21(18(2)25(17)15-19-9-5-3-6-10-19)14-22-23(27)26(24(28)29-22)16-20-11-7-4-8-12-20/h3,5-6,9-10,13-14,20H,4,7-8,11-12,15-16H2,1-2H3/b22-14+. The van der Waals surface area contributed by atoms with E-state index in [0.717, 1.165) is 48.1 Å². The molecule has 2 fully saturated rings. The molecular weight excluding hydrogens is 380 g/mol. The number of rotatable bonds is 5. The summed E-state index contributed by atoms with van der Waals surface area (Å²) >= 11 is 1.08. The molecule has 4 nitrogen and oxygen atoms in total. The van der Waals surface area contributed by atoms with Crippen LogP contribution < -0.4 is 0 Å². The summed E-state index contributed by atoms with van der Waals surface area (Å²) < 4.78 is 2.26. The van der Waals surface area contributed by atoms with Crippen LogP contribution in [0, 0.1) is 19.8 Å². The van der Waals surface area contributed by atoms with Crippen molar-refractivity contribution in [1.82, 2.24) is 9.47 Å². The first-order valence-corrected chi connectivity index (χ1v) is 11.3. The van der Waals surface area contributed by atoms with Gasteiger partial charge in [0.2, 0.25) is 0 Å². The molecule has 0 bridgehead atoms. The van der Waals surface area contributed by atoms with Crippen molar-refractivity contribution in [2.75, 3.05) is 6.54 Å². The Morgan fingerprint density at radius 2 is 1.79 bits per heavy atom. The third kappa shape index (κ3) is 4.35. The van der Waals surface area contributed by atoms with Crippen molar-refractivity contribution in [3.05, 3.63) is 63.8 Å². The Bertz CT molecular complexity index is 939.